The Balaban J connectivity index is 3.25. The van der Waals surface area contributed by atoms with Gasteiger partial charge in [-0.3, -0.25) is 0 Å². The summed E-state index contributed by atoms with van der Waals surface area (Å²) in [5.74, 6) is -3.55. The summed E-state index contributed by atoms with van der Waals surface area (Å²) in [5.41, 5.74) is -0.358. The van der Waals surface area contributed by atoms with Crippen molar-refractivity contribution in [1.82, 2.24) is 0 Å². The van der Waals surface area contributed by atoms with Gasteiger partial charge < -0.3 is 0 Å². The maximum Gasteiger partial charge on any atom is 0.161 e. The molecule has 0 aliphatic carbocycles. The summed E-state index contributed by atoms with van der Waals surface area (Å²) in [7, 11) is 0. The van der Waals surface area contributed by atoms with Crippen LogP contribution in [0.3, 0.4) is 0 Å². The van der Waals surface area contributed by atoms with Crippen molar-refractivity contribution in [2.24, 2.45) is 0 Å². The zero-order valence-corrected chi connectivity index (χ0v) is 6.95. The summed E-state index contributed by atoms with van der Waals surface area (Å²) >= 11 is 5.33. The van der Waals surface area contributed by atoms with Gasteiger partial charge in [-0.05, 0) is 6.07 Å². The topological polar surface area (TPSA) is 23.8 Å². The zero-order chi connectivity index (χ0) is 10.0. The lowest BCUT2D eigenvalue weighted by atomic mass is 10.1. The standard InChI is InChI=1S/C8H3ClF3N/c9-5(3-13)4-1-7(11)8(12)2-6(4)10/h1-2,5H. The largest absolute Gasteiger partial charge is 0.206 e. The molecule has 68 valence electrons. The van der Waals surface area contributed by atoms with Gasteiger partial charge in [0, 0.05) is 11.6 Å². The van der Waals surface area contributed by atoms with E-state index < -0.39 is 22.8 Å². The van der Waals surface area contributed by atoms with Crippen molar-refractivity contribution in [3.8, 4) is 6.07 Å². The van der Waals surface area contributed by atoms with E-state index in [0.717, 1.165) is 0 Å². The third-order valence-corrected chi connectivity index (χ3v) is 1.76. The Morgan fingerprint density at radius 1 is 1.15 bits per heavy atom. The number of benzene rings is 1. The molecule has 5 heteroatoms. The van der Waals surface area contributed by atoms with Crippen molar-refractivity contribution >= 4 is 11.6 Å². The van der Waals surface area contributed by atoms with E-state index in [1.165, 1.54) is 6.07 Å². The molecule has 0 aliphatic heterocycles. The lowest BCUT2D eigenvalue weighted by Crippen LogP contribution is -1.96. The SMILES string of the molecule is N#CC(Cl)c1cc(F)c(F)cc1F. The maximum atomic E-state index is 12.8. The van der Waals surface area contributed by atoms with E-state index in [1.54, 1.807) is 0 Å². The molecule has 13 heavy (non-hydrogen) atoms. The van der Waals surface area contributed by atoms with Gasteiger partial charge in [-0.25, -0.2) is 13.2 Å². The predicted octanol–water partition coefficient (Wildman–Crippen LogP) is 2.91. The third kappa shape index (κ3) is 1.93. The first kappa shape index (κ1) is 9.87. The van der Waals surface area contributed by atoms with Crippen LogP contribution >= 0.6 is 11.6 Å². The molecular formula is C8H3ClF3N. The average molecular weight is 206 g/mol. The van der Waals surface area contributed by atoms with Crippen molar-refractivity contribution in [2.45, 2.75) is 5.38 Å². The van der Waals surface area contributed by atoms with E-state index >= 15 is 0 Å². The predicted molar refractivity (Wildman–Crippen MR) is 40.5 cm³/mol. The molecule has 0 fully saturated rings. The molecule has 0 spiro atoms. The first-order chi connectivity index (χ1) is 6.06. The molecular weight excluding hydrogens is 203 g/mol. The Hall–Kier alpha value is -1.21. The normalized spacial score (nSPS) is 12.2. The van der Waals surface area contributed by atoms with Crippen LogP contribution < -0.4 is 0 Å². The van der Waals surface area contributed by atoms with E-state index in [4.69, 9.17) is 16.9 Å². The van der Waals surface area contributed by atoms with Crippen LogP contribution in [0.15, 0.2) is 12.1 Å². The number of nitriles is 1. The van der Waals surface area contributed by atoms with Gasteiger partial charge in [-0.2, -0.15) is 5.26 Å². The lowest BCUT2D eigenvalue weighted by molar-refractivity contribution is 0.491. The summed E-state index contributed by atoms with van der Waals surface area (Å²) in [4.78, 5) is 0. The van der Waals surface area contributed by atoms with Crippen molar-refractivity contribution in [2.75, 3.05) is 0 Å². The number of hydrogen-bond donors (Lipinski definition) is 0. The zero-order valence-electron chi connectivity index (χ0n) is 6.19. The summed E-state index contributed by atoms with van der Waals surface area (Å²) < 4.78 is 37.8. The van der Waals surface area contributed by atoms with Crippen molar-refractivity contribution in [1.29, 1.82) is 5.26 Å². The third-order valence-electron chi connectivity index (χ3n) is 1.43. The Labute approximate surface area is 77.4 Å². The number of alkyl halides is 1. The Bertz CT molecular complexity index is 372. The number of hydrogen-bond acceptors (Lipinski definition) is 1. The molecule has 0 bridgehead atoms. The van der Waals surface area contributed by atoms with Crippen molar-refractivity contribution < 1.29 is 13.2 Å². The van der Waals surface area contributed by atoms with Gasteiger partial charge in [0.05, 0.1) is 6.07 Å². The molecule has 0 radical (unpaired) electrons. The van der Waals surface area contributed by atoms with E-state index in [2.05, 4.69) is 0 Å². The molecule has 0 saturated carbocycles. The minimum atomic E-state index is -1.31. The van der Waals surface area contributed by atoms with Gasteiger partial charge in [0.1, 0.15) is 11.2 Å². The van der Waals surface area contributed by atoms with Crippen molar-refractivity contribution in [3.63, 3.8) is 0 Å². The molecule has 0 N–H and O–H groups in total. The van der Waals surface area contributed by atoms with Crippen LogP contribution in [0.1, 0.15) is 10.9 Å². The number of rotatable bonds is 1. The summed E-state index contributed by atoms with van der Waals surface area (Å²) in [5, 5.41) is 7.00. The molecule has 0 aromatic heterocycles. The van der Waals surface area contributed by atoms with Crippen molar-refractivity contribution in [3.05, 3.63) is 35.1 Å². The van der Waals surface area contributed by atoms with Crippen LogP contribution in [-0.4, -0.2) is 0 Å². The Morgan fingerprint density at radius 3 is 2.23 bits per heavy atom. The van der Waals surface area contributed by atoms with Gasteiger partial charge >= 0.3 is 0 Å². The fraction of sp³-hybridized carbons (Fsp3) is 0.125. The molecule has 0 amide bonds. The second kappa shape index (κ2) is 3.67. The molecule has 1 nitrogen and oxygen atoms in total. The highest BCUT2D eigenvalue weighted by atomic mass is 35.5. The summed E-state index contributed by atoms with van der Waals surface area (Å²) in [6.45, 7) is 0. The lowest BCUT2D eigenvalue weighted by Gasteiger charge is -2.03. The summed E-state index contributed by atoms with van der Waals surface area (Å²) in [6, 6.07) is 2.44. The van der Waals surface area contributed by atoms with Gasteiger partial charge in [-0.1, -0.05) is 0 Å². The molecule has 0 saturated heterocycles. The Kier molecular flexibility index (Phi) is 2.79. The molecule has 0 aliphatic rings. The number of halogens is 4. The fourth-order valence-corrected chi connectivity index (χ4v) is 0.969. The smallest absolute Gasteiger partial charge is 0.161 e. The van der Waals surface area contributed by atoms with Gasteiger partial charge in [0.2, 0.25) is 0 Å². The van der Waals surface area contributed by atoms with Gasteiger partial charge in [0.25, 0.3) is 0 Å². The molecule has 1 unspecified atom stereocenters. The van der Waals surface area contributed by atoms with Crippen LogP contribution in [0.25, 0.3) is 0 Å². The van der Waals surface area contributed by atoms with Crippen LogP contribution in [0.4, 0.5) is 13.2 Å². The first-order valence-electron chi connectivity index (χ1n) is 3.24. The minimum absolute atomic E-state index is 0.358. The van der Waals surface area contributed by atoms with E-state index in [1.807, 2.05) is 0 Å². The molecule has 1 rings (SSSR count). The maximum absolute atomic E-state index is 12.8. The second-order valence-electron chi connectivity index (χ2n) is 2.28. The fourth-order valence-electron chi connectivity index (χ4n) is 0.802. The Morgan fingerprint density at radius 2 is 1.69 bits per heavy atom. The highest BCUT2D eigenvalue weighted by Crippen LogP contribution is 2.24. The van der Waals surface area contributed by atoms with Crippen LogP contribution in [-0.2, 0) is 0 Å². The second-order valence-corrected chi connectivity index (χ2v) is 2.72. The highest BCUT2D eigenvalue weighted by Gasteiger charge is 2.15. The quantitative estimate of drug-likeness (QED) is 0.511. The van der Waals surface area contributed by atoms with E-state index in [9.17, 15) is 13.2 Å². The molecule has 1 aromatic rings. The van der Waals surface area contributed by atoms with Crippen LogP contribution in [0.5, 0.6) is 0 Å². The van der Waals surface area contributed by atoms with Crippen LogP contribution in [0.2, 0.25) is 0 Å². The molecule has 0 heterocycles. The minimum Gasteiger partial charge on any atom is -0.206 e. The van der Waals surface area contributed by atoms with Gasteiger partial charge in [-0.15, -0.1) is 11.6 Å². The number of nitrogens with zero attached hydrogens (tertiary/aromatic N) is 1. The monoisotopic (exact) mass is 205 g/mol. The van der Waals surface area contributed by atoms with E-state index in [0.29, 0.717) is 12.1 Å². The molecule has 1 aromatic carbocycles. The highest BCUT2D eigenvalue weighted by molar-refractivity contribution is 6.22. The van der Waals surface area contributed by atoms with Crippen LogP contribution in [0, 0.1) is 28.8 Å². The average Bonchev–Trinajstić information content (AvgIpc) is 2.10. The molecule has 1 atom stereocenters. The summed E-state index contributed by atoms with van der Waals surface area (Å²) in [6.07, 6.45) is 0. The van der Waals surface area contributed by atoms with Gasteiger partial charge in [0.15, 0.2) is 11.6 Å². The van der Waals surface area contributed by atoms with E-state index in [-0.39, 0.29) is 5.56 Å². The first-order valence-corrected chi connectivity index (χ1v) is 3.68.